The monoisotopic (exact) mass is 171 g/mol. The molecule has 3 nitrogen and oxygen atoms in total. The van der Waals surface area contributed by atoms with Crippen LogP contribution in [0.15, 0.2) is 0 Å². The van der Waals surface area contributed by atoms with Gasteiger partial charge in [0.25, 0.3) is 0 Å². The Kier molecular flexibility index (Phi) is 3.53. The van der Waals surface area contributed by atoms with E-state index in [0.717, 1.165) is 6.42 Å². The Hall–Kier alpha value is -0.570. The third-order valence-electron chi connectivity index (χ3n) is 2.57. The van der Waals surface area contributed by atoms with E-state index in [1.807, 2.05) is 0 Å². The Labute approximate surface area is 73.3 Å². The molecular weight excluding hydrogens is 154 g/mol. The first-order chi connectivity index (χ1) is 5.74. The zero-order valence-electron chi connectivity index (χ0n) is 7.58. The van der Waals surface area contributed by atoms with Gasteiger partial charge in [0, 0.05) is 0 Å². The minimum absolute atomic E-state index is 0.276. The molecule has 1 aliphatic rings. The van der Waals surface area contributed by atoms with Crippen molar-refractivity contribution in [2.75, 3.05) is 7.11 Å². The number of hydrogen-bond donors (Lipinski definition) is 1. The summed E-state index contributed by atoms with van der Waals surface area (Å²) in [7, 11) is 1.39. The Morgan fingerprint density at radius 3 is 2.67 bits per heavy atom. The first kappa shape index (κ1) is 9.52. The average Bonchev–Trinajstić information content (AvgIpc) is 2.55. The van der Waals surface area contributed by atoms with Gasteiger partial charge in [0.2, 0.25) is 0 Å². The van der Waals surface area contributed by atoms with Gasteiger partial charge in [-0.15, -0.1) is 0 Å². The van der Waals surface area contributed by atoms with Gasteiger partial charge in [-0.3, -0.25) is 4.79 Å². The molecule has 0 saturated heterocycles. The van der Waals surface area contributed by atoms with Crippen LogP contribution in [0.5, 0.6) is 0 Å². The Balaban J connectivity index is 2.24. The fourth-order valence-corrected chi connectivity index (χ4v) is 1.85. The van der Waals surface area contributed by atoms with Crippen molar-refractivity contribution < 1.29 is 9.53 Å². The molecular formula is C9H17NO2. The second-order valence-corrected chi connectivity index (χ2v) is 3.52. The molecule has 0 spiro atoms. The number of carbonyl (C=O) groups is 1. The molecule has 0 aromatic rings. The van der Waals surface area contributed by atoms with Crippen molar-refractivity contribution in [3.8, 4) is 0 Å². The van der Waals surface area contributed by atoms with Gasteiger partial charge >= 0.3 is 5.97 Å². The van der Waals surface area contributed by atoms with Crippen LogP contribution in [-0.2, 0) is 9.53 Å². The van der Waals surface area contributed by atoms with Gasteiger partial charge in [-0.1, -0.05) is 25.7 Å². The van der Waals surface area contributed by atoms with Crippen LogP contribution in [0.4, 0.5) is 0 Å². The first-order valence-electron chi connectivity index (χ1n) is 4.57. The van der Waals surface area contributed by atoms with Gasteiger partial charge in [0.1, 0.15) is 6.04 Å². The van der Waals surface area contributed by atoms with E-state index < -0.39 is 6.04 Å². The number of rotatable bonds is 3. The minimum Gasteiger partial charge on any atom is -0.468 e. The molecule has 2 N–H and O–H groups in total. The summed E-state index contributed by atoms with van der Waals surface area (Å²) in [4.78, 5) is 11.0. The number of hydrogen-bond acceptors (Lipinski definition) is 3. The summed E-state index contributed by atoms with van der Waals surface area (Å²) in [5.41, 5.74) is 5.63. The molecule has 0 bridgehead atoms. The van der Waals surface area contributed by atoms with E-state index in [0.29, 0.717) is 5.92 Å². The van der Waals surface area contributed by atoms with E-state index in [1.54, 1.807) is 0 Å². The maximum Gasteiger partial charge on any atom is 0.322 e. The normalized spacial score (nSPS) is 20.8. The highest BCUT2D eigenvalue weighted by Gasteiger charge is 2.22. The van der Waals surface area contributed by atoms with Gasteiger partial charge in [-0.25, -0.2) is 0 Å². The molecule has 0 aliphatic heterocycles. The SMILES string of the molecule is COC(=O)[C@H](N)CC1CCCC1. The van der Waals surface area contributed by atoms with Crippen LogP contribution in [0.25, 0.3) is 0 Å². The average molecular weight is 171 g/mol. The lowest BCUT2D eigenvalue weighted by molar-refractivity contribution is -0.142. The molecule has 70 valence electrons. The van der Waals surface area contributed by atoms with Crippen LogP contribution in [0.2, 0.25) is 0 Å². The summed E-state index contributed by atoms with van der Waals surface area (Å²) in [6.07, 6.45) is 5.83. The van der Waals surface area contributed by atoms with Crippen molar-refractivity contribution in [2.45, 2.75) is 38.1 Å². The molecule has 3 heteroatoms. The number of carbonyl (C=O) groups excluding carboxylic acids is 1. The quantitative estimate of drug-likeness (QED) is 0.646. The summed E-state index contributed by atoms with van der Waals surface area (Å²) < 4.78 is 4.56. The number of nitrogens with two attached hydrogens (primary N) is 1. The number of ether oxygens (including phenoxy) is 1. The summed E-state index contributed by atoms with van der Waals surface area (Å²) in [5, 5.41) is 0. The number of methoxy groups -OCH3 is 1. The predicted molar refractivity (Wildman–Crippen MR) is 46.6 cm³/mol. The van der Waals surface area contributed by atoms with Crippen LogP contribution < -0.4 is 5.73 Å². The Morgan fingerprint density at radius 1 is 1.58 bits per heavy atom. The molecule has 0 amide bonds. The highest BCUT2D eigenvalue weighted by Crippen LogP contribution is 2.28. The van der Waals surface area contributed by atoms with E-state index in [4.69, 9.17) is 5.73 Å². The molecule has 0 radical (unpaired) electrons. The van der Waals surface area contributed by atoms with Crippen LogP contribution in [0, 0.1) is 5.92 Å². The third-order valence-corrected chi connectivity index (χ3v) is 2.57. The number of esters is 1. The lowest BCUT2D eigenvalue weighted by atomic mass is 9.99. The van der Waals surface area contributed by atoms with Gasteiger partial charge in [0.05, 0.1) is 7.11 Å². The minimum atomic E-state index is -0.405. The van der Waals surface area contributed by atoms with E-state index in [-0.39, 0.29) is 5.97 Å². The van der Waals surface area contributed by atoms with Crippen LogP contribution >= 0.6 is 0 Å². The van der Waals surface area contributed by atoms with E-state index in [1.165, 1.54) is 32.8 Å². The standard InChI is InChI=1S/C9H17NO2/c1-12-9(11)8(10)6-7-4-2-3-5-7/h7-8H,2-6,10H2,1H3/t8-/m1/s1. The summed E-state index contributed by atoms with van der Waals surface area (Å²) in [6.45, 7) is 0. The molecule has 1 aliphatic carbocycles. The highest BCUT2D eigenvalue weighted by atomic mass is 16.5. The van der Waals surface area contributed by atoms with E-state index in [9.17, 15) is 4.79 Å². The molecule has 0 aromatic carbocycles. The maximum absolute atomic E-state index is 11.0. The fourth-order valence-electron chi connectivity index (χ4n) is 1.85. The molecule has 1 saturated carbocycles. The molecule has 12 heavy (non-hydrogen) atoms. The van der Waals surface area contributed by atoms with Gasteiger partial charge < -0.3 is 10.5 Å². The van der Waals surface area contributed by atoms with E-state index in [2.05, 4.69) is 4.74 Å². The van der Waals surface area contributed by atoms with E-state index >= 15 is 0 Å². The van der Waals surface area contributed by atoms with Crippen LogP contribution in [0.3, 0.4) is 0 Å². The Bertz CT molecular complexity index is 153. The first-order valence-corrected chi connectivity index (χ1v) is 4.57. The largest absolute Gasteiger partial charge is 0.468 e. The van der Waals surface area contributed by atoms with Crippen molar-refractivity contribution in [3.63, 3.8) is 0 Å². The van der Waals surface area contributed by atoms with Crippen molar-refractivity contribution >= 4 is 5.97 Å². The Morgan fingerprint density at radius 2 is 2.17 bits per heavy atom. The van der Waals surface area contributed by atoms with Crippen LogP contribution in [0.1, 0.15) is 32.1 Å². The lowest BCUT2D eigenvalue weighted by Crippen LogP contribution is -2.33. The van der Waals surface area contributed by atoms with Crippen molar-refractivity contribution in [1.29, 1.82) is 0 Å². The highest BCUT2D eigenvalue weighted by molar-refractivity contribution is 5.75. The predicted octanol–water partition coefficient (Wildman–Crippen LogP) is 1.07. The summed E-state index contributed by atoms with van der Waals surface area (Å²) >= 11 is 0. The fraction of sp³-hybridized carbons (Fsp3) is 0.889. The van der Waals surface area contributed by atoms with Crippen molar-refractivity contribution in [2.24, 2.45) is 11.7 Å². The second kappa shape index (κ2) is 4.45. The zero-order chi connectivity index (χ0) is 8.97. The van der Waals surface area contributed by atoms with Crippen molar-refractivity contribution in [3.05, 3.63) is 0 Å². The van der Waals surface area contributed by atoms with Crippen molar-refractivity contribution in [1.82, 2.24) is 0 Å². The topological polar surface area (TPSA) is 52.3 Å². The molecule has 1 atom stereocenters. The summed E-state index contributed by atoms with van der Waals surface area (Å²) in [5.74, 6) is 0.376. The molecule has 1 rings (SSSR count). The van der Waals surface area contributed by atoms with Crippen LogP contribution in [-0.4, -0.2) is 19.1 Å². The smallest absolute Gasteiger partial charge is 0.322 e. The molecule has 0 unspecified atom stereocenters. The molecule has 0 heterocycles. The molecule has 0 aromatic heterocycles. The van der Waals surface area contributed by atoms with Gasteiger partial charge in [-0.05, 0) is 12.3 Å². The summed E-state index contributed by atoms with van der Waals surface area (Å²) in [6, 6.07) is -0.405. The molecule has 1 fully saturated rings. The maximum atomic E-state index is 11.0. The second-order valence-electron chi connectivity index (χ2n) is 3.52. The lowest BCUT2D eigenvalue weighted by Gasteiger charge is -2.13. The van der Waals surface area contributed by atoms with Gasteiger partial charge in [0.15, 0.2) is 0 Å². The third kappa shape index (κ3) is 2.48. The van der Waals surface area contributed by atoms with Gasteiger partial charge in [-0.2, -0.15) is 0 Å². The zero-order valence-corrected chi connectivity index (χ0v) is 7.58.